The van der Waals surface area contributed by atoms with E-state index in [4.69, 9.17) is 4.74 Å². The van der Waals surface area contributed by atoms with Crippen LogP contribution in [-0.4, -0.2) is 55.5 Å². The van der Waals surface area contributed by atoms with Crippen LogP contribution >= 0.6 is 0 Å². The monoisotopic (exact) mass is 336 g/mol. The van der Waals surface area contributed by atoms with Crippen molar-refractivity contribution >= 4 is 26.6 Å². The highest BCUT2D eigenvalue weighted by atomic mass is 32.2. The van der Waals surface area contributed by atoms with Gasteiger partial charge in [-0.3, -0.25) is 4.79 Å². The van der Waals surface area contributed by atoms with Crippen LogP contribution in [0.4, 0.5) is 0 Å². The second-order valence-corrected chi connectivity index (χ2v) is 8.21. The number of hydrogen-bond donors (Lipinski definition) is 0. The summed E-state index contributed by atoms with van der Waals surface area (Å²) in [5.41, 5.74) is 1.47. The highest BCUT2D eigenvalue weighted by Gasteiger charge is 2.33. The summed E-state index contributed by atoms with van der Waals surface area (Å²) in [4.78, 5) is 14.3. The molecule has 23 heavy (non-hydrogen) atoms. The third kappa shape index (κ3) is 2.81. The standard InChI is InChI=1S/C16H20N2O4S/c1-17(12-6-7-23(20,21)10-12)16(19)15-9-11-8-13(22-3)4-5-14(11)18(15)2/h4-5,8-9,12H,6-7,10H2,1-3H3. The number of carbonyl (C=O) groups excluding carboxylic acids is 1. The molecule has 7 heteroatoms. The molecule has 1 aromatic carbocycles. The third-order valence-electron chi connectivity index (χ3n) is 4.55. The molecule has 2 aromatic rings. The number of amides is 1. The van der Waals surface area contributed by atoms with Crippen LogP contribution in [0.2, 0.25) is 0 Å². The number of nitrogens with zero attached hydrogens (tertiary/aromatic N) is 2. The van der Waals surface area contributed by atoms with Crippen molar-refractivity contribution in [2.45, 2.75) is 12.5 Å². The van der Waals surface area contributed by atoms with Gasteiger partial charge in [0.15, 0.2) is 9.84 Å². The van der Waals surface area contributed by atoms with Gasteiger partial charge in [-0.15, -0.1) is 0 Å². The zero-order valence-corrected chi connectivity index (χ0v) is 14.3. The molecule has 0 spiro atoms. The van der Waals surface area contributed by atoms with Crippen molar-refractivity contribution in [2.75, 3.05) is 25.7 Å². The van der Waals surface area contributed by atoms with E-state index < -0.39 is 9.84 Å². The molecule has 1 unspecified atom stereocenters. The van der Waals surface area contributed by atoms with Gasteiger partial charge in [-0.05, 0) is 30.7 Å². The summed E-state index contributed by atoms with van der Waals surface area (Å²) >= 11 is 0. The average Bonchev–Trinajstić information content (AvgIpc) is 3.05. The van der Waals surface area contributed by atoms with Gasteiger partial charge in [-0.25, -0.2) is 8.42 Å². The van der Waals surface area contributed by atoms with Crippen molar-refractivity contribution in [3.63, 3.8) is 0 Å². The van der Waals surface area contributed by atoms with Crippen LogP contribution in [0.1, 0.15) is 16.9 Å². The zero-order valence-electron chi connectivity index (χ0n) is 13.4. The Hall–Kier alpha value is -2.02. The Morgan fingerprint density at radius 2 is 2.09 bits per heavy atom. The zero-order chi connectivity index (χ0) is 16.8. The molecule has 0 N–H and O–H groups in total. The largest absolute Gasteiger partial charge is 0.497 e. The van der Waals surface area contributed by atoms with Crippen LogP contribution in [0.15, 0.2) is 24.3 Å². The van der Waals surface area contributed by atoms with Crippen molar-refractivity contribution in [3.8, 4) is 5.75 Å². The quantitative estimate of drug-likeness (QED) is 0.851. The van der Waals surface area contributed by atoms with Crippen molar-refractivity contribution in [1.82, 2.24) is 9.47 Å². The number of aryl methyl sites for hydroxylation is 1. The Morgan fingerprint density at radius 3 is 2.70 bits per heavy atom. The fourth-order valence-corrected chi connectivity index (χ4v) is 4.86. The molecule has 1 aliphatic heterocycles. The van der Waals surface area contributed by atoms with E-state index in [2.05, 4.69) is 0 Å². The van der Waals surface area contributed by atoms with Gasteiger partial charge in [0.05, 0.1) is 18.6 Å². The molecule has 124 valence electrons. The first-order valence-electron chi connectivity index (χ1n) is 7.43. The maximum absolute atomic E-state index is 12.8. The summed E-state index contributed by atoms with van der Waals surface area (Å²) in [6, 6.07) is 7.21. The van der Waals surface area contributed by atoms with Gasteiger partial charge in [-0.1, -0.05) is 0 Å². The molecule has 0 saturated carbocycles. The Balaban J connectivity index is 1.93. The van der Waals surface area contributed by atoms with Crippen LogP contribution in [-0.2, 0) is 16.9 Å². The predicted octanol–water partition coefficient (Wildman–Crippen LogP) is 1.45. The Kier molecular flexibility index (Phi) is 3.83. The highest BCUT2D eigenvalue weighted by molar-refractivity contribution is 7.91. The molecule has 1 atom stereocenters. The Morgan fingerprint density at radius 1 is 1.35 bits per heavy atom. The van der Waals surface area contributed by atoms with Crippen LogP contribution in [0.5, 0.6) is 5.75 Å². The van der Waals surface area contributed by atoms with Crippen LogP contribution < -0.4 is 4.74 Å². The lowest BCUT2D eigenvalue weighted by Gasteiger charge is -2.23. The topological polar surface area (TPSA) is 68.6 Å². The molecule has 0 aliphatic carbocycles. The highest BCUT2D eigenvalue weighted by Crippen LogP contribution is 2.25. The number of hydrogen-bond acceptors (Lipinski definition) is 4. The minimum Gasteiger partial charge on any atom is -0.497 e. The first kappa shape index (κ1) is 15.9. The molecular weight excluding hydrogens is 316 g/mol. The Labute approximate surface area is 135 Å². The van der Waals surface area contributed by atoms with Gasteiger partial charge in [0.2, 0.25) is 0 Å². The molecule has 0 radical (unpaired) electrons. The number of methoxy groups -OCH3 is 1. The number of fused-ring (bicyclic) bond motifs is 1. The van der Waals surface area contributed by atoms with Crippen molar-refractivity contribution in [2.24, 2.45) is 7.05 Å². The van der Waals surface area contributed by atoms with Gasteiger partial charge in [-0.2, -0.15) is 0 Å². The summed E-state index contributed by atoms with van der Waals surface area (Å²) in [6.07, 6.45) is 0.502. The van der Waals surface area contributed by atoms with E-state index in [9.17, 15) is 13.2 Å². The summed E-state index contributed by atoms with van der Waals surface area (Å²) in [7, 11) is 2.09. The lowest BCUT2D eigenvalue weighted by molar-refractivity contribution is 0.0738. The van der Waals surface area contributed by atoms with Gasteiger partial charge < -0.3 is 14.2 Å². The number of aromatic nitrogens is 1. The normalized spacial score (nSPS) is 19.9. The molecule has 1 aliphatic rings. The van der Waals surface area contributed by atoms with Crippen molar-refractivity contribution < 1.29 is 17.9 Å². The minimum absolute atomic E-state index is 0.0486. The molecule has 1 amide bonds. The van der Waals surface area contributed by atoms with Crippen molar-refractivity contribution in [1.29, 1.82) is 0 Å². The van der Waals surface area contributed by atoms with Crippen LogP contribution in [0.25, 0.3) is 10.9 Å². The second kappa shape index (κ2) is 5.56. The fourth-order valence-electron chi connectivity index (χ4n) is 3.09. The lowest BCUT2D eigenvalue weighted by Crippen LogP contribution is -2.38. The summed E-state index contributed by atoms with van der Waals surface area (Å²) in [5.74, 6) is 0.774. The first-order valence-corrected chi connectivity index (χ1v) is 9.25. The summed E-state index contributed by atoms with van der Waals surface area (Å²) in [5, 5.41) is 0.919. The number of carbonyl (C=O) groups is 1. The molecule has 3 rings (SSSR count). The van der Waals surface area contributed by atoms with Gasteiger partial charge >= 0.3 is 0 Å². The molecule has 6 nitrogen and oxygen atoms in total. The molecule has 0 bridgehead atoms. The van der Waals surface area contributed by atoms with Gasteiger partial charge in [0.25, 0.3) is 5.91 Å². The van der Waals surface area contributed by atoms with E-state index in [1.807, 2.05) is 35.9 Å². The average molecular weight is 336 g/mol. The maximum Gasteiger partial charge on any atom is 0.270 e. The fraction of sp³-hybridized carbons (Fsp3) is 0.438. The van der Waals surface area contributed by atoms with E-state index in [-0.39, 0.29) is 23.5 Å². The smallest absolute Gasteiger partial charge is 0.270 e. The molecule has 1 aromatic heterocycles. The second-order valence-electron chi connectivity index (χ2n) is 5.99. The van der Waals surface area contributed by atoms with E-state index in [0.29, 0.717) is 12.1 Å². The maximum atomic E-state index is 12.8. The Bertz CT molecular complexity index is 870. The lowest BCUT2D eigenvalue weighted by atomic mass is 10.2. The number of benzene rings is 1. The van der Waals surface area contributed by atoms with Gasteiger partial charge in [0, 0.05) is 31.0 Å². The number of rotatable bonds is 3. The molecule has 1 fully saturated rings. The predicted molar refractivity (Wildman–Crippen MR) is 88.6 cm³/mol. The summed E-state index contributed by atoms with van der Waals surface area (Å²) < 4.78 is 30.3. The number of ether oxygens (including phenoxy) is 1. The van der Waals surface area contributed by atoms with E-state index >= 15 is 0 Å². The molecular formula is C16H20N2O4S. The van der Waals surface area contributed by atoms with Crippen molar-refractivity contribution in [3.05, 3.63) is 30.0 Å². The first-order chi connectivity index (χ1) is 10.8. The molecule has 2 heterocycles. The third-order valence-corrected chi connectivity index (χ3v) is 6.30. The van der Waals surface area contributed by atoms with Crippen LogP contribution in [0.3, 0.4) is 0 Å². The summed E-state index contributed by atoms with van der Waals surface area (Å²) in [6.45, 7) is 0. The SMILES string of the molecule is COc1ccc2c(c1)cc(C(=O)N(C)C1CCS(=O)(=O)C1)n2C. The van der Waals surface area contributed by atoms with Gasteiger partial charge in [0.1, 0.15) is 11.4 Å². The van der Waals surface area contributed by atoms with Crippen LogP contribution in [0, 0.1) is 0 Å². The van der Waals surface area contributed by atoms with E-state index in [1.54, 1.807) is 19.1 Å². The number of sulfone groups is 1. The minimum atomic E-state index is -3.02. The van der Waals surface area contributed by atoms with E-state index in [0.717, 1.165) is 16.7 Å². The molecule has 1 saturated heterocycles. The van der Waals surface area contributed by atoms with E-state index in [1.165, 1.54) is 0 Å².